The third-order valence-corrected chi connectivity index (χ3v) is 3.49. The van der Waals surface area contributed by atoms with Crippen LogP contribution in [0.15, 0.2) is 16.7 Å². The van der Waals surface area contributed by atoms with Gasteiger partial charge in [-0.2, -0.15) is 0 Å². The summed E-state index contributed by atoms with van der Waals surface area (Å²) in [6, 6.07) is 1.94. The van der Waals surface area contributed by atoms with Crippen molar-refractivity contribution in [3.05, 3.63) is 22.3 Å². The second-order valence-corrected chi connectivity index (χ2v) is 5.83. The molecule has 1 aromatic rings. The second-order valence-electron chi connectivity index (χ2n) is 4.91. The first kappa shape index (κ1) is 12.3. The van der Waals surface area contributed by atoms with Crippen LogP contribution in [0.5, 0.6) is 0 Å². The van der Waals surface area contributed by atoms with Crippen LogP contribution in [-0.4, -0.2) is 16.9 Å². The van der Waals surface area contributed by atoms with Gasteiger partial charge in [-0.15, -0.1) is 0 Å². The number of nitrogen functional groups attached to an aromatic ring is 1. The Labute approximate surface area is 108 Å². The number of rotatable bonds is 3. The van der Waals surface area contributed by atoms with Gasteiger partial charge in [0.25, 0.3) is 5.91 Å². The van der Waals surface area contributed by atoms with Crippen LogP contribution in [0.1, 0.15) is 30.6 Å². The molecule has 5 nitrogen and oxygen atoms in total. The Morgan fingerprint density at radius 3 is 2.82 bits per heavy atom. The maximum Gasteiger partial charge on any atom is 0.255 e. The fourth-order valence-electron chi connectivity index (χ4n) is 1.68. The van der Waals surface area contributed by atoms with E-state index < -0.39 is 0 Å². The quantitative estimate of drug-likeness (QED) is 0.586. The maximum absolute atomic E-state index is 12.0. The molecule has 1 heterocycles. The van der Waals surface area contributed by atoms with Gasteiger partial charge in [0, 0.05) is 16.7 Å². The molecule has 17 heavy (non-hydrogen) atoms. The zero-order valence-corrected chi connectivity index (χ0v) is 11.3. The summed E-state index contributed by atoms with van der Waals surface area (Å²) in [6.45, 7) is 4.25. The second kappa shape index (κ2) is 4.27. The van der Waals surface area contributed by atoms with E-state index in [0.29, 0.717) is 11.4 Å². The predicted octanol–water partition coefficient (Wildman–Crippen LogP) is 1.66. The Bertz CT molecular complexity index is 461. The van der Waals surface area contributed by atoms with Crippen LogP contribution in [0.4, 0.5) is 5.82 Å². The van der Waals surface area contributed by atoms with E-state index in [4.69, 9.17) is 5.84 Å². The Hall–Kier alpha value is -1.14. The first-order chi connectivity index (χ1) is 7.94. The fraction of sp³-hybridized carbons (Fsp3) is 0.455. The zero-order valence-electron chi connectivity index (χ0n) is 9.75. The highest BCUT2D eigenvalue weighted by molar-refractivity contribution is 9.10. The molecule has 0 radical (unpaired) electrons. The van der Waals surface area contributed by atoms with Crippen molar-refractivity contribution in [1.82, 2.24) is 10.3 Å². The third-order valence-electron chi connectivity index (χ3n) is 3.05. The molecule has 0 bridgehead atoms. The Morgan fingerprint density at radius 1 is 1.65 bits per heavy atom. The van der Waals surface area contributed by atoms with E-state index in [0.717, 1.165) is 10.9 Å². The van der Waals surface area contributed by atoms with Gasteiger partial charge in [-0.1, -0.05) is 13.8 Å². The van der Waals surface area contributed by atoms with Gasteiger partial charge < -0.3 is 10.7 Å². The molecular formula is C11H15BrN4O. The van der Waals surface area contributed by atoms with Crippen LogP contribution in [-0.2, 0) is 0 Å². The number of nitrogens with one attached hydrogen (secondary N) is 2. The summed E-state index contributed by atoms with van der Waals surface area (Å²) in [6.07, 6.45) is 2.60. The van der Waals surface area contributed by atoms with E-state index >= 15 is 0 Å². The van der Waals surface area contributed by atoms with Crippen molar-refractivity contribution in [3.8, 4) is 0 Å². The minimum atomic E-state index is -0.151. The molecule has 1 aliphatic rings. The van der Waals surface area contributed by atoms with Crippen molar-refractivity contribution in [2.24, 2.45) is 11.3 Å². The number of anilines is 1. The minimum Gasteiger partial charge on any atom is -0.349 e. The smallest absolute Gasteiger partial charge is 0.255 e. The fourth-order valence-corrected chi connectivity index (χ4v) is 2.01. The largest absolute Gasteiger partial charge is 0.349 e. The van der Waals surface area contributed by atoms with Crippen LogP contribution in [0.3, 0.4) is 0 Å². The molecule has 1 aromatic heterocycles. The molecule has 1 atom stereocenters. The number of carbonyl (C=O) groups is 1. The minimum absolute atomic E-state index is 0.151. The third kappa shape index (κ3) is 2.58. The van der Waals surface area contributed by atoms with Crippen LogP contribution in [0.2, 0.25) is 0 Å². The first-order valence-electron chi connectivity index (χ1n) is 5.37. The highest BCUT2D eigenvalue weighted by Gasteiger charge is 2.46. The van der Waals surface area contributed by atoms with E-state index in [1.54, 1.807) is 12.3 Å². The number of hydrogen-bond acceptors (Lipinski definition) is 4. The molecule has 0 aromatic carbocycles. The molecule has 1 unspecified atom stereocenters. The van der Waals surface area contributed by atoms with Crippen LogP contribution in [0.25, 0.3) is 0 Å². The summed E-state index contributed by atoms with van der Waals surface area (Å²) in [5.41, 5.74) is 3.07. The molecule has 0 saturated heterocycles. The number of hydrogen-bond donors (Lipinski definition) is 3. The Kier molecular flexibility index (Phi) is 3.09. The van der Waals surface area contributed by atoms with Crippen molar-refractivity contribution in [2.75, 3.05) is 5.43 Å². The lowest BCUT2D eigenvalue weighted by molar-refractivity contribution is 0.0946. The van der Waals surface area contributed by atoms with Crippen molar-refractivity contribution in [3.63, 3.8) is 0 Å². The predicted molar refractivity (Wildman–Crippen MR) is 69.4 cm³/mol. The number of pyridine rings is 1. The number of halogens is 1. The van der Waals surface area contributed by atoms with Gasteiger partial charge in [-0.3, -0.25) is 4.79 Å². The summed E-state index contributed by atoms with van der Waals surface area (Å²) in [5.74, 6) is 5.56. The summed E-state index contributed by atoms with van der Waals surface area (Å²) in [5, 5.41) is 2.97. The monoisotopic (exact) mass is 298 g/mol. The van der Waals surface area contributed by atoms with Crippen molar-refractivity contribution in [2.45, 2.75) is 26.3 Å². The van der Waals surface area contributed by atoms with Gasteiger partial charge in [0.1, 0.15) is 0 Å². The topological polar surface area (TPSA) is 80.0 Å². The highest BCUT2D eigenvalue weighted by Crippen LogP contribution is 2.44. The standard InChI is InChI=1S/C11H15BrN4O/c1-11(2)4-8(11)15-10(17)7-3-6(12)5-14-9(7)16-13/h3,5,8H,4,13H2,1-2H3,(H,14,16)(H,15,17). The molecule has 6 heteroatoms. The van der Waals surface area contributed by atoms with Gasteiger partial charge in [0.05, 0.1) is 5.56 Å². The van der Waals surface area contributed by atoms with Gasteiger partial charge in [0.15, 0.2) is 5.82 Å². The summed E-state index contributed by atoms with van der Waals surface area (Å²) in [4.78, 5) is 16.1. The summed E-state index contributed by atoms with van der Waals surface area (Å²) in [7, 11) is 0. The average Bonchev–Trinajstić information content (AvgIpc) is 2.85. The number of nitrogens with zero attached hydrogens (tertiary/aromatic N) is 1. The number of carbonyl (C=O) groups excluding carboxylic acids is 1. The molecular weight excluding hydrogens is 284 g/mol. The molecule has 1 aliphatic carbocycles. The van der Waals surface area contributed by atoms with Gasteiger partial charge in [-0.05, 0) is 33.8 Å². The average molecular weight is 299 g/mol. The number of nitrogens with two attached hydrogens (primary N) is 1. The highest BCUT2D eigenvalue weighted by atomic mass is 79.9. The van der Waals surface area contributed by atoms with Crippen LogP contribution in [0, 0.1) is 5.41 Å². The van der Waals surface area contributed by atoms with Crippen LogP contribution >= 0.6 is 15.9 Å². The molecule has 0 spiro atoms. The molecule has 1 saturated carbocycles. The molecule has 2 rings (SSSR count). The van der Waals surface area contributed by atoms with E-state index in [1.165, 1.54) is 0 Å². The molecule has 0 aliphatic heterocycles. The van der Waals surface area contributed by atoms with Gasteiger partial charge in [-0.25, -0.2) is 10.8 Å². The molecule has 92 valence electrons. The van der Waals surface area contributed by atoms with Crippen LogP contribution < -0.4 is 16.6 Å². The molecule has 1 amide bonds. The number of amides is 1. The normalized spacial score (nSPS) is 20.8. The van der Waals surface area contributed by atoms with Gasteiger partial charge >= 0.3 is 0 Å². The number of aromatic nitrogens is 1. The SMILES string of the molecule is CC1(C)CC1NC(=O)c1cc(Br)cnc1NN. The Morgan fingerprint density at radius 2 is 2.29 bits per heavy atom. The van der Waals surface area contributed by atoms with Crippen molar-refractivity contribution >= 4 is 27.7 Å². The van der Waals surface area contributed by atoms with E-state index in [1.807, 2.05) is 0 Å². The first-order valence-corrected chi connectivity index (χ1v) is 6.16. The molecule has 4 N–H and O–H groups in total. The van der Waals surface area contributed by atoms with Gasteiger partial charge in [0.2, 0.25) is 0 Å². The molecule has 1 fully saturated rings. The lowest BCUT2D eigenvalue weighted by Gasteiger charge is -2.10. The van der Waals surface area contributed by atoms with E-state index in [9.17, 15) is 4.79 Å². The summed E-state index contributed by atoms with van der Waals surface area (Å²) < 4.78 is 0.747. The Balaban J connectivity index is 2.16. The maximum atomic E-state index is 12.0. The zero-order chi connectivity index (χ0) is 12.6. The van der Waals surface area contributed by atoms with E-state index in [-0.39, 0.29) is 17.4 Å². The van der Waals surface area contributed by atoms with E-state index in [2.05, 4.69) is 45.5 Å². The lowest BCUT2D eigenvalue weighted by Crippen LogP contribution is -2.29. The summed E-state index contributed by atoms with van der Waals surface area (Å²) >= 11 is 3.29. The van der Waals surface area contributed by atoms with Crippen molar-refractivity contribution in [1.29, 1.82) is 0 Å². The lowest BCUT2D eigenvalue weighted by atomic mass is 10.2. The number of hydrazine groups is 1. The van der Waals surface area contributed by atoms with Crippen molar-refractivity contribution < 1.29 is 4.79 Å².